The van der Waals surface area contributed by atoms with Crippen molar-refractivity contribution >= 4 is 16.0 Å². The highest BCUT2D eigenvalue weighted by Gasteiger charge is 2.32. The second-order valence-electron chi connectivity index (χ2n) is 6.13. The molecule has 1 aliphatic carbocycles. The summed E-state index contributed by atoms with van der Waals surface area (Å²) in [6.45, 7) is 6.53. The number of carboxylic acids is 1. The molecule has 116 valence electrons. The molecule has 1 rings (SSSR count). The van der Waals surface area contributed by atoms with E-state index in [9.17, 15) is 13.2 Å². The smallest absolute Gasteiger partial charge is 0.303 e. The van der Waals surface area contributed by atoms with Crippen molar-refractivity contribution in [3.05, 3.63) is 11.6 Å². The van der Waals surface area contributed by atoms with Crippen LogP contribution in [0.25, 0.3) is 0 Å². The summed E-state index contributed by atoms with van der Waals surface area (Å²) < 4.78 is 25.0. The zero-order chi connectivity index (χ0) is 15.5. The molecule has 0 spiro atoms. The minimum atomic E-state index is -3.20. The zero-order valence-electron chi connectivity index (χ0n) is 12.6. The van der Waals surface area contributed by atoms with Gasteiger partial charge in [0.15, 0.2) is 0 Å². The minimum Gasteiger partial charge on any atom is -0.481 e. The first-order valence-electron chi connectivity index (χ1n) is 6.95. The zero-order valence-corrected chi connectivity index (χ0v) is 13.4. The molecule has 0 saturated carbocycles. The molecule has 0 aromatic carbocycles. The van der Waals surface area contributed by atoms with Gasteiger partial charge < -0.3 is 5.11 Å². The van der Waals surface area contributed by atoms with Crippen molar-refractivity contribution in [1.82, 2.24) is 4.72 Å². The first kappa shape index (κ1) is 17.2. The van der Waals surface area contributed by atoms with Gasteiger partial charge in [-0.3, -0.25) is 4.79 Å². The van der Waals surface area contributed by atoms with Crippen molar-refractivity contribution in [2.75, 3.05) is 12.8 Å². The van der Waals surface area contributed by atoms with Crippen LogP contribution in [0.15, 0.2) is 11.6 Å². The lowest BCUT2D eigenvalue weighted by Gasteiger charge is -2.36. The quantitative estimate of drug-likeness (QED) is 0.734. The summed E-state index contributed by atoms with van der Waals surface area (Å²) in [6, 6.07) is 0. The van der Waals surface area contributed by atoms with Gasteiger partial charge in [-0.05, 0) is 37.0 Å². The van der Waals surface area contributed by atoms with Crippen LogP contribution in [0.5, 0.6) is 0 Å². The van der Waals surface area contributed by atoms with Gasteiger partial charge in [-0.1, -0.05) is 25.5 Å². The van der Waals surface area contributed by atoms with E-state index in [2.05, 4.69) is 24.6 Å². The van der Waals surface area contributed by atoms with E-state index in [1.807, 2.05) is 6.92 Å². The number of hydrogen-bond acceptors (Lipinski definition) is 3. The topological polar surface area (TPSA) is 83.5 Å². The fourth-order valence-electron chi connectivity index (χ4n) is 2.97. The third kappa shape index (κ3) is 5.25. The Morgan fingerprint density at radius 3 is 2.55 bits per heavy atom. The van der Waals surface area contributed by atoms with Gasteiger partial charge in [0, 0.05) is 6.54 Å². The third-order valence-corrected chi connectivity index (χ3v) is 4.78. The number of hydrogen-bond donors (Lipinski definition) is 2. The van der Waals surface area contributed by atoms with Crippen LogP contribution < -0.4 is 4.72 Å². The molecule has 1 aliphatic rings. The monoisotopic (exact) mass is 303 g/mol. The van der Waals surface area contributed by atoms with E-state index < -0.39 is 16.0 Å². The van der Waals surface area contributed by atoms with E-state index in [4.69, 9.17) is 5.11 Å². The first-order valence-corrected chi connectivity index (χ1v) is 8.84. The largest absolute Gasteiger partial charge is 0.481 e. The fourth-order valence-corrected chi connectivity index (χ4v) is 3.46. The highest BCUT2D eigenvalue weighted by atomic mass is 32.2. The van der Waals surface area contributed by atoms with E-state index in [1.165, 1.54) is 0 Å². The minimum absolute atomic E-state index is 0.0642. The number of nitrogens with one attached hydrogen (secondary N) is 1. The molecule has 0 aliphatic heterocycles. The second-order valence-corrected chi connectivity index (χ2v) is 7.97. The molecule has 2 N–H and O–H groups in total. The summed E-state index contributed by atoms with van der Waals surface area (Å²) in [5.74, 6) is 0.112. The number of allylic oxidation sites excluding steroid dienone is 1. The van der Waals surface area contributed by atoms with Crippen molar-refractivity contribution in [3.63, 3.8) is 0 Å². The second kappa shape index (κ2) is 6.72. The van der Waals surface area contributed by atoms with Crippen molar-refractivity contribution in [1.29, 1.82) is 0 Å². The fraction of sp³-hybridized carbons (Fsp3) is 0.786. The van der Waals surface area contributed by atoms with E-state index in [1.54, 1.807) is 0 Å². The number of sulfonamides is 1. The van der Waals surface area contributed by atoms with Crippen molar-refractivity contribution in [2.24, 2.45) is 23.7 Å². The maximum Gasteiger partial charge on any atom is 0.303 e. The Balaban J connectivity index is 2.86. The molecule has 6 heteroatoms. The Morgan fingerprint density at radius 2 is 2.10 bits per heavy atom. The molecular weight excluding hydrogens is 278 g/mol. The van der Waals surface area contributed by atoms with Gasteiger partial charge in [0.05, 0.1) is 12.7 Å². The molecule has 0 heterocycles. The van der Waals surface area contributed by atoms with E-state index in [0.717, 1.165) is 18.2 Å². The molecule has 0 amide bonds. The molecule has 5 nitrogen and oxygen atoms in total. The Hall–Kier alpha value is -0.880. The van der Waals surface area contributed by atoms with Crippen LogP contribution in [0, 0.1) is 23.7 Å². The summed E-state index contributed by atoms with van der Waals surface area (Å²) in [5, 5.41) is 8.97. The SMILES string of the molecule is CC1=CC(CNS(C)(=O)=O)C(C(C)C)CC1CC(=O)O. The third-order valence-electron chi connectivity index (χ3n) is 4.09. The van der Waals surface area contributed by atoms with Crippen LogP contribution in [0.4, 0.5) is 0 Å². The molecule has 0 aromatic heterocycles. The van der Waals surface area contributed by atoms with E-state index >= 15 is 0 Å². The van der Waals surface area contributed by atoms with Gasteiger partial charge in [-0.2, -0.15) is 0 Å². The molecule has 0 fully saturated rings. The van der Waals surface area contributed by atoms with Crippen molar-refractivity contribution in [2.45, 2.75) is 33.6 Å². The number of carbonyl (C=O) groups is 1. The van der Waals surface area contributed by atoms with Gasteiger partial charge in [0.2, 0.25) is 10.0 Å². The summed E-state index contributed by atoms with van der Waals surface area (Å²) in [4.78, 5) is 10.9. The standard InChI is InChI=1S/C14H25NO4S/c1-9(2)13-6-11(7-14(16)17)10(3)5-12(13)8-15-20(4,18)19/h5,9,11-13,15H,6-8H2,1-4H3,(H,16,17). The summed E-state index contributed by atoms with van der Waals surface area (Å²) >= 11 is 0. The summed E-state index contributed by atoms with van der Waals surface area (Å²) in [7, 11) is -3.20. The molecule has 0 saturated heterocycles. The lowest BCUT2D eigenvalue weighted by Crippen LogP contribution is -2.36. The van der Waals surface area contributed by atoms with Crippen LogP contribution >= 0.6 is 0 Å². The van der Waals surface area contributed by atoms with Gasteiger partial charge in [-0.15, -0.1) is 0 Å². The molecule has 20 heavy (non-hydrogen) atoms. The first-order chi connectivity index (χ1) is 9.10. The lowest BCUT2D eigenvalue weighted by molar-refractivity contribution is -0.138. The number of aliphatic carboxylic acids is 1. The highest BCUT2D eigenvalue weighted by molar-refractivity contribution is 7.88. The molecular formula is C14H25NO4S. The van der Waals surface area contributed by atoms with E-state index in [-0.39, 0.29) is 18.3 Å². The average molecular weight is 303 g/mol. The Bertz CT molecular complexity index is 481. The van der Waals surface area contributed by atoms with Gasteiger partial charge in [-0.25, -0.2) is 13.1 Å². The molecule has 3 atom stereocenters. The van der Waals surface area contributed by atoms with Crippen LogP contribution in [-0.4, -0.2) is 32.3 Å². The Morgan fingerprint density at radius 1 is 1.50 bits per heavy atom. The van der Waals surface area contributed by atoms with Crippen LogP contribution in [0.3, 0.4) is 0 Å². The van der Waals surface area contributed by atoms with Crippen molar-refractivity contribution in [3.8, 4) is 0 Å². The van der Waals surface area contributed by atoms with Crippen LogP contribution in [-0.2, 0) is 14.8 Å². The predicted molar refractivity (Wildman–Crippen MR) is 78.8 cm³/mol. The molecule has 0 bridgehead atoms. The maximum atomic E-state index is 11.2. The van der Waals surface area contributed by atoms with Gasteiger partial charge in [0.1, 0.15) is 0 Å². The van der Waals surface area contributed by atoms with Crippen LogP contribution in [0.2, 0.25) is 0 Å². The lowest BCUT2D eigenvalue weighted by atomic mass is 9.70. The maximum absolute atomic E-state index is 11.2. The highest BCUT2D eigenvalue weighted by Crippen LogP contribution is 2.38. The van der Waals surface area contributed by atoms with Crippen molar-refractivity contribution < 1.29 is 18.3 Å². The summed E-state index contributed by atoms with van der Waals surface area (Å²) in [6.07, 6.45) is 4.17. The number of rotatable bonds is 6. The molecule has 3 unspecified atom stereocenters. The van der Waals surface area contributed by atoms with Gasteiger partial charge >= 0.3 is 5.97 Å². The normalized spacial score (nSPS) is 27.4. The van der Waals surface area contributed by atoms with Crippen LogP contribution in [0.1, 0.15) is 33.6 Å². The van der Waals surface area contributed by atoms with E-state index in [0.29, 0.717) is 18.4 Å². The summed E-state index contributed by atoms with van der Waals surface area (Å²) in [5.41, 5.74) is 1.06. The average Bonchev–Trinajstić information content (AvgIpc) is 2.27. The Labute approximate surface area is 121 Å². The molecule has 0 radical (unpaired) electrons. The van der Waals surface area contributed by atoms with Gasteiger partial charge in [0.25, 0.3) is 0 Å². The Kier molecular flexibility index (Phi) is 5.77. The molecule has 0 aromatic rings. The number of carboxylic acid groups (broad SMARTS) is 1. The predicted octanol–water partition coefficient (Wildman–Crippen LogP) is 1.86.